The molecule has 0 heterocycles. The largest absolute Gasteiger partial charge is 0.475 e. The second-order valence-corrected chi connectivity index (χ2v) is 5.57. The first kappa shape index (κ1) is 16.6. The number of carboxylic acids is 1. The van der Waals surface area contributed by atoms with E-state index in [4.69, 9.17) is 5.11 Å². The molecule has 2 rings (SSSR count). The summed E-state index contributed by atoms with van der Waals surface area (Å²) >= 11 is 0. The molecule has 0 aliphatic carbocycles. The van der Waals surface area contributed by atoms with Gasteiger partial charge in [-0.05, 0) is 54.7 Å². The number of carbonyl (C=O) groups excluding carboxylic acids is 2. The quantitative estimate of drug-likeness (QED) is 0.505. The summed E-state index contributed by atoms with van der Waals surface area (Å²) in [6, 6.07) is 13.3. The van der Waals surface area contributed by atoms with Gasteiger partial charge in [0.1, 0.15) is 0 Å². The molecule has 0 amide bonds. The third kappa shape index (κ3) is 4.13. The summed E-state index contributed by atoms with van der Waals surface area (Å²) in [5.74, 6) is -3.13. The minimum atomic E-state index is -1.58. The van der Waals surface area contributed by atoms with Crippen molar-refractivity contribution < 1.29 is 19.5 Å². The summed E-state index contributed by atoms with van der Waals surface area (Å²) < 4.78 is 0. The van der Waals surface area contributed by atoms with Gasteiger partial charge in [-0.3, -0.25) is 9.59 Å². The molecule has 0 saturated carbocycles. The van der Waals surface area contributed by atoms with Crippen LogP contribution in [0.15, 0.2) is 42.5 Å². The van der Waals surface area contributed by atoms with Gasteiger partial charge in [0.05, 0.1) is 6.42 Å². The molecule has 0 spiro atoms. The van der Waals surface area contributed by atoms with Crippen LogP contribution < -0.4 is 0 Å². The Labute approximate surface area is 134 Å². The van der Waals surface area contributed by atoms with Crippen LogP contribution in [-0.2, 0) is 16.0 Å². The molecule has 1 N–H and O–H groups in total. The molecule has 0 aromatic heterocycles. The number of aryl methyl sites for hydroxylation is 1. The number of rotatable bonds is 6. The van der Waals surface area contributed by atoms with Gasteiger partial charge in [-0.2, -0.15) is 0 Å². The van der Waals surface area contributed by atoms with Crippen LogP contribution in [0.3, 0.4) is 0 Å². The minimum absolute atomic E-state index is 0.383. The number of Topliss-reactive ketones (excluding diaryl/α,β-unsaturated/α-hetero) is 2. The number of aliphatic carboxylic acids is 1. The van der Waals surface area contributed by atoms with Gasteiger partial charge < -0.3 is 5.11 Å². The van der Waals surface area contributed by atoms with Gasteiger partial charge in [-0.1, -0.05) is 30.3 Å². The van der Waals surface area contributed by atoms with Crippen LogP contribution >= 0.6 is 0 Å². The summed E-state index contributed by atoms with van der Waals surface area (Å²) in [5, 5.41) is 8.62. The third-order valence-electron chi connectivity index (χ3n) is 3.89. The van der Waals surface area contributed by atoms with Crippen LogP contribution in [0.25, 0.3) is 0 Å². The molecule has 0 fully saturated rings. The van der Waals surface area contributed by atoms with E-state index in [1.54, 1.807) is 12.1 Å². The van der Waals surface area contributed by atoms with Crippen LogP contribution in [0.1, 0.15) is 39.0 Å². The van der Waals surface area contributed by atoms with Gasteiger partial charge >= 0.3 is 5.97 Å². The average molecular weight is 310 g/mol. The first-order valence-corrected chi connectivity index (χ1v) is 7.32. The summed E-state index contributed by atoms with van der Waals surface area (Å²) in [5.41, 5.74) is 4.55. The van der Waals surface area contributed by atoms with Crippen molar-refractivity contribution in [3.05, 3.63) is 70.3 Å². The Bertz CT molecular complexity index is 760. The number of carboxylic acid groups (broad SMARTS) is 1. The lowest BCUT2D eigenvalue weighted by Gasteiger charge is -2.12. The van der Waals surface area contributed by atoms with Gasteiger partial charge in [0.25, 0.3) is 0 Å². The molecule has 2 aromatic rings. The predicted molar refractivity (Wildman–Crippen MR) is 86.8 cm³/mol. The number of carbonyl (C=O) groups is 3. The van der Waals surface area contributed by atoms with Gasteiger partial charge in [-0.15, -0.1) is 0 Å². The highest BCUT2D eigenvalue weighted by Crippen LogP contribution is 2.21. The second kappa shape index (κ2) is 7.01. The molecule has 0 aliphatic heterocycles. The smallest absolute Gasteiger partial charge is 0.372 e. The van der Waals surface area contributed by atoms with Crippen molar-refractivity contribution in [1.82, 2.24) is 0 Å². The van der Waals surface area contributed by atoms with E-state index in [2.05, 4.69) is 0 Å². The van der Waals surface area contributed by atoms with Crippen molar-refractivity contribution >= 4 is 17.5 Å². The zero-order valence-electron chi connectivity index (χ0n) is 13.1. The van der Waals surface area contributed by atoms with Crippen molar-refractivity contribution in [2.24, 2.45) is 0 Å². The van der Waals surface area contributed by atoms with E-state index < -0.39 is 24.0 Å². The second-order valence-electron chi connectivity index (χ2n) is 5.57. The molecule has 0 unspecified atom stereocenters. The topological polar surface area (TPSA) is 71.4 Å². The minimum Gasteiger partial charge on any atom is -0.475 e. The van der Waals surface area contributed by atoms with Crippen molar-refractivity contribution in [3.8, 4) is 0 Å². The molecular formula is C19H18O4. The molecule has 4 heteroatoms. The molecule has 0 radical (unpaired) electrons. The lowest BCUT2D eigenvalue weighted by molar-refractivity contribution is -0.148. The van der Waals surface area contributed by atoms with Crippen molar-refractivity contribution in [2.75, 3.05) is 0 Å². The average Bonchev–Trinajstić information content (AvgIpc) is 2.52. The fourth-order valence-corrected chi connectivity index (χ4v) is 2.42. The standard InChI is InChI=1S/C19H18O4/c1-12-8-16(17(20)11-18(21)19(22)23)10-15(13(12)2)9-14-6-4-3-5-7-14/h3-8,10H,9,11H2,1-2H3,(H,22,23). The highest BCUT2D eigenvalue weighted by atomic mass is 16.4. The fourth-order valence-electron chi connectivity index (χ4n) is 2.42. The highest BCUT2D eigenvalue weighted by molar-refractivity contribution is 6.37. The van der Waals surface area contributed by atoms with Crippen molar-refractivity contribution in [2.45, 2.75) is 26.7 Å². The molecule has 4 nitrogen and oxygen atoms in total. The zero-order chi connectivity index (χ0) is 17.0. The molecule has 2 aromatic carbocycles. The molecule has 0 bridgehead atoms. The Morgan fingerprint density at radius 3 is 2.26 bits per heavy atom. The maximum atomic E-state index is 12.1. The fraction of sp³-hybridized carbons (Fsp3) is 0.211. The summed E-state index contributed by atoms with van der Waals surface area (Å²) in [4.78, 5) is 34.0. The van der Waals surface area contributed by atoms with E-state index in [9.17, 15) is 14.4 Å². The molecule has 0 atom stereocenters. The molecule has 23 heavy (non-hydrogen) atoms. The summed E-state index contributed by atoms with van der Waals surface area (Å²) in [7, 11) is 0. The molecule has 0 saturated heterocycles. The maximum absolute atomic E-state index is 12.1. The Morgan fingerprint density at radius 1 is 1.00 bits per heavy atom. The van der Waals surface area contributed by atoms with E-state index in [1.165, 1.54) is 0 Å². The number of ketones is 2. The van der Waals surface area contributed by atoms with E-state index in [1.807, 2.05) is 44.2 Å². The Hall–Kier alpha value is -2.75. The van der Waals surface area contributed by atoms with E-state index >= 15 is 0 Å². The number of benzene rings is 2. The van der Waals surface area contributed by atoms with Gasteiger partial charge in [-0.25, -0.2) is 4.79 Å². The van der Waals surface area contributed by atoms with Crippen LogP contribution in [0.2, 0.25) is 0 Å². The normalized spacial score (nSPS) is 10.3. The Kier molecular flexibility index (Phi) is 5.06. The Balaban J connectivity index is 2.30. The van der Waals surface area contributed by atoms with Crippen LogP contribution in [0, 0.1) is 13.8 Å². The van der Waals surface area contributed by atoms with E-state index in [-0.39, 0.29) is 0 Å². The van der Waals surface area contributed by atoms with Gasteiger partial charge in [0.15, 0.2) is 5.78 Å². The van der Waals surface area contributed by atoms with Crippen LogP contribution in [0.4, 0.5) is 0 Å². The van der Waals surface area contributed by atoms with Gasteiger partial charge in [0.2, 0.25) is 5.78 Å². The highest BCUT2D eigenvalue weighted by Gasteiger charge is 2.19. The lowest BCUT2D eigenvalue weighted by Crippen LogP contribution is -2.17. The third-order valence-corrected chi connectivity index (χ3v) is 3.89. The first-order chi connectivity index (χ1) is 10.9. The van der Waals surface area contributed by atoms with E-state index in [0.29, 0.717) is 12.0 Å². The van der Waals surface area contributed by atoms with Crippen LogP contribution in [0.5, 0.6) is 0 Å². The monoisotopic (exact) mass is 310 g/mol. The molecule has 0 aliphatic rings. The predicted octanol–water partition coefficient (Wildman–Crippen LogP) is 3.12. The molecular weight excluding hydrogens is 292 g/mol. The summed E-state index contributed by atoms with van der Waals surface area (Å²) in [6.07, 6.45) is 0.0735. The summed E-state index contributed by atoms with van der Waals surface area (Å²) in [6.45, 7) is 3.89. The molecule has 118 valence electrons. The number of hydrogen-bond acceptors (Lipinski definition) is 3. The number of hydrogen-bond donors (Lipinski definition) is 1. The lowest BCUT2D eigenvalue weighted by atomic mass is 9.92. The van der Waals surface area contributed by atoms with Crippen molar-refractivity contribution in [1.29, 1.82) is 0 Å². The SMILES string of the molecule is Cc1cc(C(=O)CC(=O)C(=O)O)cc(Cc2ccccc2)c1C. The first-order valence-electron chi connectivity index (χ1n) is 7.32. The van der Waals surface area contributed by atoms with Crippen LogP contribution in [-0.4, -0.2) is 22.6 Å². The van der Waals surface area contributed by atoms with Gasteiger partial charge in [0, 0.05) is 5.56 Å². The van der Waals surface area contributed by atoms with Crippen molar-refractivity contribution in [3.63, 3.8) is 0 Å². The zero-order valence-corrected chi connectivity index (χ0v) is 13.1. The van der Waals surface area contributed by atoms with E-state index in [0.717, 1.165) is 22.3 Å². The maximum Gasteiger partial charge on any atom is 0.372 e. The Morgan fingerprint density at radius 2 is 1.65 bits per heavy atom.